The molecule has 1 aromatic carbocycles. The second-order valence-corrected chi connectivity index (χ2v) is 10.7. The van der Waals surface area contributed by atoms with Crippen molar-refractivity contribution in [2.24, 2.45) is 10.9 Å². The first-order valence-electron chi connectivity index (χ1n) is 10.9. The number of halogens is 1. The molecule has 2 aliphatic rings. The maximum absolute atomic E-state index is 12.2. The quantitative estimate of drug-likeness (QED) is 0.525. The van der Waals surface area contributed by atoms with Gasteiger partial charge in [0.15, 0.2) is 5.96 Å². The van der Waals surface area contributed by atoms with Crippen molar-refractivity contribution in [2.75, 3.05) is 37.3 Å². The average molecular weight is 439 g/mol. The van der Waals surface area contributed by atoms with Gasteiger partial charge in [-0.3, -0.25) is 9.20 Å². The second kappa shape index (κ2) is 10.7. The van der Waals surface area contributed by atoms with Gasteiger partial charge in [-0.2, -0.15) is 0 Å². The molecule has 0 spiro atoms. The molecule has 0 amide bonds. The lowest BCUT2D eigenvalue weighted by atomic mass is 9.95. The van der Waals surface area contributed by atoms with Crippen LogP contribution in [0.3, 0.4) is 0 Å². The second-order valence-electron chi connectivity index (χ2n) is 8.28. The number of hydrogen-bond acceptors (Lipinski definition) is 3. The lowest BCUT2D eigenvalue weighted by Crippen LogP contribution is -2.47. The van der Waals surface area contributed by atoms with Gasteiger partial charge in [0.2, 0.25) is 0 Å². The highest BCUT2D eigenvalue weighted by molar-refractivity contribution is 7.85. The third kappa shape index (κ3) is 6.11. The van der Waals surface area contributed by atoms with Crippen molar-refractivity contribution in [3.63, 3.8) is 0 Å². The highest BCUT2D eigenvalue weighted by Crippen LogP contribution is 2.29. The molecule has 162 valence electrons. The summed E-state index contributed by atoms with van der Waals surface area (Å²) in [5.41, 5.74) is 2.52. The van der Waals surface area contributed by atoms with Gasteiger partial charge in [0.1, 0.15) is 0 Å². The van der Waals surface area contributed by atoms with Crippen LogP contribution in [-0.2, 0) is 10.8 Å². The van der Waals surface area contributed by atoms with Crippen LogP contribution in [-0.4, -0.2) is 53.9 Å². The van der Waals surface area contributed by atoms with Crippen LogP contribution in [0.2, 0.25) is 5.02 Å². The normalized spacial score (nSPS) is 26.4. The molecule has 4 atom stereocenters. The molecule has 1 aliphatic heterocycles. The van der Waals surface area contributed by atoms with E-state index in [1.807, 2.05) is 20.0 Å². The molecule has 0 aromatic heterocycles. The Balaban J connectivity index is 1.48. The monoisotopic (exact) mass is 438 g/mol. The van der Waals surface area contributed by atoms with Crippen molar-refractivity contribution in [1.29, 1.82) is 0 Å². The summed E-state index contributed by atoms with van der Waals surface area (Å²) in [4.78, 5) is 6.86. The zero-order valence-electron chi connectivity index (χ0n) is 17.9. The summed E-state index contributed by atoms with van der Waals surface area (Å²) in [7, 11) is 1.13. The summed E-state index contributed by atoms with van der Waals surface area (Å²) in [6.45, 7) is 7.17. The van der Waals surface area contributed by atoms with Crippen LogP contribution in [0.25, 0.3) is 0 Å². The Kier molecular flexibility index (Phi) is 8.25. The molecule has 5 nitrogen and oxygen atoms in total. The molecule has 3 rings (SSSR count). The summed E-state index contributed by atoms with van der Waals surface area (Å²) < 4.78 is 12.2. The van der Waals surface area contributed by atoms with Gasteiger partial charge in [-0.1, -0.05) is 31.0 Å². The van der Waals surface area contributed by atoms with Crippen molar-refractivity contribution in [1.82, 2.24) is 10.6 Å². The van der Waals surface area contributed by atoms with Gasteiger partial charge in [0.05, 0.1) is 0 Å². The van der Waals surface area contributed by atoms with Crippen molar-refractivity contribution >= 4 is 34.0 Å². The Morgan fingerprint density at radius 2 is 2.17 bits per heavy atom. The number of guanidine groups is 1. The minimum atomic E-state index is -0.698. The van der Waals surface area contributed by atoms with E-state index in [0.717, 1.165) is 68.5 Å². The van der Waals surface area contributed by atoms with Gasteiger partial charge in [0.25, 0.3) is 0 Å². The maximum atomic E-state index is 12.2. The summed E-state index contributed by atoms with van der Waals surface area (Å²) in [5, 5.41) is 8.22. The first-order chi connectivity index (χ1) is 14.0. The van der Waals surface area contributed by atoms with Crippen molar-refractivity contribution < 1.29 is 4.21 Å². The topological polar surface area (TPSA) is 56.7 Å². The highest BCUT2D eigenvalue weighted by Gasteiger charge is 2.27. The average Bonchev–Trinajstić information content (AvgIpc) is 3.21. The summed E-state index contributed by atoms with van der Waals surface area (Å²) >= 11 is 6.20. The Morgan fingerprint density at radius 3 is 2.93 bits per heavy atom. The number of hydrogen-bond donors (Lipinski definition) is 2. The number of aryl methyl sites for hydroxylation is 1. The van der Waals surface area contributed by atoms with Crippen molar-refractivity contribution in [2.45, 2.75) is 57.2 Å². The van der Waals surface area contributed by atoms with Gasteiger partial charge >= 0.3 is 0 Å². The lowest BCUT2D eigenvalue weighted by Gasteiger charge is -2.30. The van der Waals surface area contributed by atoms with E-state index in [1.54, 1.807) is 0 Å². The molecule has 2 N–H and O–H groups in total. The third-order valence-corrected chi connectivity index (χ3v) is 8.18. The van der Waals surface area contributed by atoms with Crippen molar-refractivity contribution in [3.05, 3.63) is 28.8 Å². The first-order valence-corrected chi connectivity index (χ1v) is 12.6. The fourth-order valence-electron chi connectivity index (χ4n) is 4.52. The SMILES string of the molecule is CCS(=O)C1CCCC(NC(=NC)NCC2CCN(c3cc(Cl)ccc3C)C2)C1. The van der Waals surface area contributed by atoms with E-state index < -0.39 is 10.8 Å². The van der Waals surface area contributed by atoms with Gasteiger partial charge in [-0.25, -0.2) is 0 Å². The van der Waals surface area contributed by atoms with E-state index in [2.05, 4.69) is 39.6 Å². The molecule has 4 unspecified atom stereocenters. The summed E-state index contributed by atoms with van der Waals surface area (Å²) in [5.74, 6) is 2.21. The van der Waals surface area contributed by atoms with Crippen LogP contribution in [0.4, 0.5) is 5.69 Å². The molecule has 1 saturated heterocycles. The third-order valence-electron chi connectivity index (χ3n) is 6.20. The number of anilines is 1. The van der Waals surface area contributed by atoms with Crippen molar-refractivity contribution in [3.8, 4) is 0 Å². The smallest absolute Gasteiger partial charge is 0.191 e. The molecule has 1 aromatic rings. The van der Waals surface area contributed by atoms with Crippen LogP contribution in [0.1, 0.15) is 44.6 Å². The Hall–Kier alpha value is -1.27. The molecule has 1 saturated carbocycles. The number of aliphatic imine (C=N–C) groups is 1. The van der Waals surface area contributed by atoms with E-state index in [1.165, 1.54) is 11.3 Å². The molecule has 29 heavy (non-hydrogen) atoms. The molecule has 0 radical (unpaired) electrons. The molecule has 7 heteroatoms. The fraction of sp³-hybridized carbons (Fsp3) is 0.682. The minimum Gasteiger partial charge on any atom is -0.371 e. The summed E-state index contributed by atoms with van der Waals surface area (Å²) in [6.07, 6.45) is 5.50. The zero-order valence-corrected chi connectivity index (χ0v) is 19.5. The molecular weight excluding hydrogens is 404 g/mol. The standard InChI is InChI=1S/C22H35ClN4OS/c1-4-29(28)20-7-5-6-19(13-20)26-22(24-3)25-14-17-10-11-27(15-17)21-12-18(23)9-8-16(21)2/h8-9,12,17,19-20H,4-7,10-11,13-15H2,1-3H3,(H2,24,25,26). The number of nitrogens with zero attached hydrogens (tertiary/aromatic N) is 2. The van der Waals surface area contributed by atoms with Crippen LogP contribution < -0.4 is 15.5 Å². The minimum absolute atomic E-state index is 0.327. The molecular formula is C22H35ClN4OS. The highest BCUT2D eigenvalue weighted by atomic mass is 35.5. The largest absolute Gasteiger partial charge is 0.371 e. The predicted octanol–water partition coefficient (Wildman–Crippen LogP) is 3.72. The van der Waals surface area contributed by atoms with Crippen LogP contribution in [0, 0.1) is 12.8 Å². The lowest BCUT2D eigenvalue weighted by molar-refractivity contribution is 0.412. The fourth-order valence-corrected chi connectivity index (χ4v) is 6.04. The molecule has 0 bridgehead atoms. The Bertz CT molecular complexity index is 742. The zero-order chi connectivity index (χ0) is 20.8. The molecule has 1 aliphatic carbocycles. The van der Waals surface area contributed by atoms with E-state index in [0.29, 0.717) is 17.2 Å². The van der Waals surface area contributed by atoms with Gasteiger partial charge < -0.3 is 15.5 Å². The van der Waals surface area contributed by atoms with Gasteiger partial charge in [-0.15, -0.1) is 0 Å². The number of rotatable bonds is 6. The molecule has 1 heterocycles. The van der Waals surface area contributed by atoms with E-state index in [9.17, 15) is 4.21 Å². The maximum Gasteiger partial charge on any atom is 0.191 e. The van der Waals surface area contributed by atoms with Crippen LogP contribution >= 0.6 is 11.6 Å². The first kappa shape index (κ1) is 22.4. The predicted molar refractivity (Wildman–Crippen MR) is 126 cm³/mol. The van der Waals surface area contributed by atoms with Gasteiger partial charge in [0, 0.05) is 65.2 Å². The van der Waals surface area contributed by atoms with Crippen LogP contribution in [0.5, 0.6) is 0 Å². The molecule has 2 fully saturated rings. The van der Waals surface area contributed by atoms with E-state index >= 15 is 0 Å². The Labute approximate surface area is 183 Å². The number of nitrogens with one attached hydrogen (secondary N) is 2. The summed E-state index contributed by atoms with van der Waals surface area (Å²) in [6, 6.07) is 6.49. The van der Waals surface area contributed by atoms with Gasteiger partial charge in [-0.05, 0) is 56.2 Å². The van der Waals surface area contributed by atoms with Crippen LogP contribution in [0.15, 0.2) is 23.2 Å². The number of benzene rings is 1. The Morgan fingerprint density at radius 1 is 1.34 bits per heavy atom. The van der Waals surface area contributed by atoms with E-state index in [-0.39, 0.29) is 0 Å². The van der Waals surface area contributed by atoms with E-state index in [4.69, 9.17) is 11.6 Å².